The highest BCUT2D eigenvalue weighted by Crippen LogP contribution is 2.28. The molecule has 0 heterocycles. The fraction of sp³-hybridized carbons (Fsp3) is 0.625. The van der Waals surface area contributed by atoms with E-state index in [1.54, 1.807) is 0 Å². The Bertz CT molecular complexity index is 405. The Balaban J connectivity index is 2.72. The number of rotatable bonds is 8. The van der Waals surface area contributed by atoms with Crippen molar-refractivity contribution in [3.63, 3.8) is 0 Å². The van der Waals surface area contributed by atoms with Crippen LogP contribution in [0.1, 0.15) is 25.8 Å². The average molecular weight is 342 g/mol. The van der Waals surface area contributed by atoms with Crippen molar-refractivity contribution in [1.29, 1.82) is 0 Å². The zero-order chi connectivity index (χ0) is 15.1. The van der Waals surface area contributed by atoms with Crippen LogP contribution in [0, 0.1) is 0 Å². The maximum Gasteiger partial charge on any atom is 0.0510 e. The average Bonchev–Trinajstić information content (AvgIpc) is 2.34. The molecule has 0 bridgehead atoms. The molecule has 1 aromatic carbocycles. The van der Waals surface area contributed by atoms with Crippen molar-refractivity contribution in [2.45, 2.75) is 32.7 Å². The summed E-state index contributed by atoms with van der Waals surface area (Å²) in [6, 6.07) is 6.81. The number of benzene rings is 1. The minimum Gasteiger partial charge on any atom is -0.371 e. The second-order valence-electron chi connectivity index (χ2n) is 5.70. The summed E-state index contributed by atoms with van der Waals surface area (Å²) in [5, 5.41) is 0. The molecule has 0 saturated heterocycles. The van der Waals surface area contributed by atoms with Crippen LogP contribution in [-0.4, -0.2) is 44.7 Å². The highest BCUT2D eigenvalue weighted by atomic mass is 79.9. The van der Waals surface area contributed by atoms with Crippen molar-refractivity contribution >= 4 is 21.6 Å². The van der Waals surface area contributed by atoms with Gasteiger partial charge in [0.05, 0.1) is 5.69 Å². The number of nitrogens with two attached hydrogens (primary N) is 1. The second-order valence-corrected chi connectivity index (χ2v) is 6.56. The summed E-state index contributed by atoms with van der Waals surface area (Å²) in [6.45, 7) is 7.48. The van der Waals surface area contributed by atoms with Crippen molar-refractivity contribution in [3.05, 3.63) is 28.2 Å². The summed E-state index contributed by atoms with van der Waals surface area (Å²) in [6.07, 6.45) is 2.10. The van der Waals surface area contributed by atoms with Gasteiger partial charge in [-0.05, 0) is 81.0 Å². The molecule has 0 aliphatic rings. The Hall–Kier alpha value is -0.580. The third-order valence-electron chi connectivity index (χ3n) is 3.33. The fourth-order valence-electron chi connectivity index (χ4n) is 2.33. The largest absolute Gasteiger partial charge is 0.371 e. The molecule has 20 heavy (non-hydrogen) atoms. The third kappa shape index (κ3) is 5.81. The Kier molecular flexibility index (Phi) is 7.56. The zero-order valence-corrected chi connectivity index (χ0v) is 14.8. The lowest BCUT2D eigenvalue weighted by Gasteiger charge is -2.25. The molecule has 114 valence electrons. The molecule has 4 heteroatoms. The van der Waals surface area contributed by atoms with Crippen molar-refractivity contribution in [2.24, 2.45) is 5.73 Å². The van der Waals surface area contributed by atoms with Gasteiger partial charge in [0.15, 0.2) is 0 Å². The van der Waals surface area contributed by atoms with Crippen LogP contribution in [0.4, 0.5) is 5.69 Å². The quantitative estimate of drug-likeness (QED) is 0.788. The van der Waals surface area contributed by atoms with Crippen LogP contribution in [-0.2, 0) is 6.42 Å². The van der Waals surface area contributed by atoms with Crippen molar-refractivity contribution in [2.75, 3.05) is 38.6 Å². The van der Waals surface area contributed by atoms with E-state index in [-0.39, 0.29) is 6.04 Å². The van der Waals surface area contributed by atoms with Gasteiger partial charge in [-0.3, -0.25) is 0 Å². The van der Waals surface area contributed by atoms with E-state index in [1.807, 2.05) is 6.92 Å². The van der Waals surface area contributed by atoms with Gasteiger partial charge in [0.1, 0.15) is 0 Å². The summed E-state index contributed by atoms with van der Waals surface area (Å²) in [5.41, 5.74) is 8.43. The van der Waals surface area contributed by atoms with E-state index in [0.29, 0.717) is 0 Å². The van der Waals surface area contributed by atoms with E-state index in [4.69, 9.17) is 5.73 Å². The Morgan fingerprint density at radius 1 is 1.25 bits per heavy atom. The number of hydrogen-bond donors (Lipinski definition) is 1. The highest BCUT2D eigenvalue weighted by Gasteiger charge is 2.09. The van der Waals surface area contributed by atoms with E-state index in [0.717, 1.165) is 26.1 Å². The van der Waals surface area contributed by atoms with E-state index in [2.05, 4.69) is 64.9 Å². The van der Waals surface area contributed by atoms with Crippen molar-refractivity contribution in [3.8, 4) is 0 Å². The SMILES string of the molecule is CCN(CCCN(C)C)c1ccc(CC(C)N)cc1Br. The van der Waals surface area contributed by atoms with Crippen LogP contribution < -0.4 is 10.6 Å². The maximum atomic E-state index is 5.86. The van der Waals surface area contributed by atoms with Gasteiger partial charge in [0.25, 0.3) is 0 Å². The fourth-order valence-corrected chi connectivity index (χ4v) is 3.01. The van der Waals surface area contributed by atoms with Gasteiger partial charge in [0.2, 0.25) is 0 Å². The first kappa shape index (κ1) is 17.5. The molecule has 3 nitrogen and oxygen atoms in total. The lowest BCUT2D eigenvalue weighted by molar-refractivity contribution is 0.400. The van der Waals surface area contributed by atoms with Crippen LogP contribution in [0.3, 0.4) is 0 Å². The standard InChI is InChI=1S/C16H28BrN3/c1-5-20(10-6-9-19(3)4)16-8-7-14(11-13(2)18)12-15(16)17/h7-8,12-13H,5-6,9-11,18H2,1-4H3. The summed E-state index contributed by atoms with van der Waals surface area (Å²) in [5.74, 6) is 0. The maximum absolute atomic E-state index is 5.86. The molecule has 1 aromatic rings. The van der Waals surface area contributed by atoms with Crippen molar-refractivity contribution < 1.29 is 0 Å². The predicted octanol–water partition coefficient (Wildman–Crippen LogP) is 3.12. The van der Waals surface area contributed by atoms with Crippen LogP contribution in [0.5, 0.6) is 0 Å². The minimum atomic E-state index is 0.204. The number of halogens is 1. The molecule has 0 amide bonds. The molecule has 0 aromatic heterocycles. The van der Waals surface area contributed by atoms with E-state index in [1.165, 1.54) is 22.1 Å². The van der Waals surface area contributed by atoms with Gasteiger partial charge < -0.3 is 15.5 Å². The Labute approximate surface area is 132 Å². The van der Waals surface area contributed by atoms with Gasteiger partial charge in [-0.1, -0.05) is 6.07 Å². The number of nitrogens with zero attached hydrogens (tertiary/aromatic N) is 2. The van der Waals surface area contributed by atoms with Crippen LogP contribution in [0.15, 0.2) is 22.7 Å². The molecule has 1 atom stereocenters. The van der Waals surface area contributed by atoms with Gasteiger partial charge >= 0.3 is 0 Å². The molecular formula is C16H28BrN3. The first-order valence-electron chi connectivity index (χ1n) is 7.37. The van der Waals surface area contributed by atoms with E-state index < -0.39 is 0 Å². The Morgan fingerprint density at radius 3 is 2.45 bits per heavy atom. The smallest absolute Gasteiger partial charge is 0.0510 e. The lowest BCUT2D eigenvalue weighted by Crippen LogP contribution is -2.27. The zero-order valence-electron chi connectivity index (χ0n) is 13.2. The molecule has 0 spiro atoms. The molecule has 0 aliphatic heterocycles. The molecule has 1 rings (SSSR count). The third-order valence-corrected chi connectivity index (χ3v) is 3.96. The molecule has 0 saturated carbocycles. The number of anilines is 1. The minimum absolute atomic E-state index is 0.204. The van der Waals surface area contributed by atoms with E-state index in [9.17, 15) is 0 Å². The molecule has 2 N–H and O–H groups in total. The molecule has 0 fully saturated rings. The van der Waals surface area contributed by atoms with Gasteiger partial charge in [0, 0.05) is 23.6 Å². The van der Waals surface area contributed by atoms with Crippen LogP contribution >= 0.6 is 15.9 Å². The van der Waals surface area contributed by atoms with Crippen LogP contribution in [0.2, 0.25) is 0 Å². The Morgan fingerprint density at radius 2 is 1.95 bits per heavy atom. The molecule has 0 radical (unpaired) electrons. The summed E-state index contributed by atoms with van der Waals surface area (Å²) < 4.78 is 1.17. The summed E-state index contributed by atoms with van der Waals surface area (Å²) in [7, 11) is 4.24. The highest BCUT2D eigenvalue weighted by molar-refractivity contribution is 9.10. The number of hydrogen-bond acceptors (Lipinski definition) is 3. The first-order chi connectivity index (χ1) is 9.43. The summed E-state index contributed by atoms with van der Waals surface area (Å²) >= 11 is 3.71. The molecular weight excluding hydrogens is 314 g/mol. The topological polar surface area (TPSA) is 32.5 Å². The monoisotopic (exact) mass is 341 g/mol. The van der Waals surface area contributed by atoms with Crippen LogP contribution in [0.25, 0.3) is 0 Å². The lowest BCUT2D eigenvalue weighted by atomic mass is 10.1. The van der Waals surface area contributed by atoms with E-state index >= 15 is 0 Å². The molecule has 1 unspecified atom stereocenters. The van der Waals surface area contributed by atoms with Crippen molar-refractivity contribution in [1.82, 2.24) is 4.90 Å². The predicted molar refractivity (Wildman–Crippen MR) is 92.6 cm³/mol. The molecule has 0 aliphatic carbocycles. The van der Waals surface area contributed by atoms with Gasteiger partial charge in [-0.2, -0.15) is 0 Å². The van der Waals surface area contributed by atoms with Gasteiger partial charge in [-0.15, -0.1) is 0 Å². The first-order valence-corrected chi connectivity index (χ1v) is 8.17. The summed E-state index contributed by atoms with van der Waals surface area (Å²) in [4.78, 5) is 4.65. The second kappa shape index (κ2) is 8.65. The normalized spacial score (nSPS) is 12.8. The van der Waals surface area contributed by atoms with Gasteiger partial charge in [-0.25, -0.2) is 0 Å².